The molecule has 0 heterocycles. The summed E-state index contributed by atoms with van der Waals surface area (Å²) < 4.78 is 0.799. The van der Waals surface area contributed by atoms with Gasteiger partial charge in [-0.05, 0) is 40.9 Å². The fourth-order valence-corrected chi connectivity index (χ4v) is 3.10. The van der Waals surface area contributed by atoms with Crippen molar-refractivity contribution in [1.82, 2.24) is 0 Å². The molecule has 2 rings (SSSR count). The quantitative estimate of drug-likeness (QED) is 0.933. The zero-order valence-electron chi connectivity index (χ0n) is 10.5. The van der Waals surface area contributed by atoms with Crippen LogP contribution in [0.15, 0.2) is 22.7 Å². The van der Waals surface area contributed by atoms with E-state index in [1.165, 1.54) is 0 Å². The van der Waals surface area contributed by atoms with E-state index in [2.05, 4.69) is 22.0 Å². The minimum Gasteiger partial charge on any atom is -0.388 e. The van der Waals surface area contributed by atoms with E-state index in [-0.39, 0.29) is 0 Å². The zero-order valence-corrected chi connectivity index (χ0v) is 12.1. The molecule has 0 amide bonds. The lowest BCUT2D eigenvalue weighted by molar-refractivity contribution is 0.0559. The molecular formula is C14H17BrN2O. The van der Waals surface area contributed by atoms with Gasteiger partial charge >= 0.3 is 0 Å². The molecule has 1 fully saturated rings. The number of rotatable bonds is 3. The maximum atomic E-state index is 10.4. The van der Waals surface area contributed by atoms with Gasteiger partial charge in [-0.2, -0.15) is 5.26 Å². The summed E-state index contributed by atoms with van der Waals surface area (Å²) in [5.41, 5.74) is 0.901. The lowest BCUT2D eigenvalue weighted by Crippen LogP contribution is -2.39. The van der Waals surface area contributed by atoms with Gasteiger partial charge in [0.25, 0.3) is 0 Å². The van der Waals surface area contributed by atoms with Crippen LogP contribution in [0.3, 0.4) is 0 Å². The van der Waals surface area contributed by atoms with Gasteiger partial charge in [-0.25, -0.2) is 0 Å². The van der Waals surface area contributed by atoms with Crippen molar-refractivity contribution in [1.29, 1.82) is 5.26 Å². The molecule has 1 aromatic carbocycles. The number of nitrogens with zero attached hydrogens (tertiary/aromatic N) is 2. The van der Waals surface area contributed by atoms with E-state index in [0.717, 1.165) is 35.8 Å². The second kappa shape index (κ2) is 5.29. The van der Waals surface area contributed by atoms with Crippen LogP contribution in [-0.4, -0.2) is 24.3 Å². The summed E-state index contributed by atoms with van der Waals surface area (Å²) in [6, 6.07) is 7.90. The van der Waals surface area contributed by atoms with Gasteiger partial charge in [0.15, 0.2) is 0 Å². The highest BCUT2D eigenvalue weighted by molar-refractivity contribution is 9.10. The summed E-state index contributed by atoms with van der Waals surface area (Å²) in [5, 5.41) is 19.6. The Kier molecular flexibility index (Phi) is 3.94. The molecule has 0 atom stereocenters. The van der Waals surface area contributed by atoms with E-state index in [1.807, 2.05) is 30.1 Å². The van der Waals surface area contributed by atoms with E-state index in [1.54, 1.807) is 0 Å². The predicted molar refractivity (Wildman–Crippen MR) is 75.5 cm³/mol. The maximum absolute atomic E-state index is 10.4. The number of benzene rings is 1. The van der Waals surface area contributed by atoms with Crippen molar-refractivity contribution in [2.24, 2.45) is 0 Å². The van der Waals surface area contributed by atoms with Crippen LogP contribution in [0.2, 0.25) is 0 Å². The summed E-state index contributed by atoms with van der Waals surface area (Å²) in [4.78, 5) is 1.98. The van der Waals surface area contributed by atoms with E-state index in [4.69, 9.17) is 0 Å². The number of anilines is 1. The molecule has 1 aromatic rings. The zero-order chi connectivity index (χ0) is 13.2. The van der Waals surface area contributed by atoms with Crippen LogP contribution in [0.5, 0.6) is 0 Å². The Morgan fingerprint density at radius 1 is 1.44 bits per heavy atom. The monoisotopic (exact) mass is 308 g/mol. The molecule has 4 heteroatoms. The summed E-state index contributed by atoms with van der Waals surface area (Å²) in [6.07, 6.45) is 3.89. The van der Waals surface area contributed by atoms with Crippen molar-refractivity contribution in [2.75, 3.05) is 18.5 Å². The molecule has 0 spiro atoms. The molecule has 1 aliphatic carbocycles. The van der Waals surface area contributed by atoms with Gasteiger partial charge in [0.2, 0.25) is 0 Å². The van der Waals surface area contributed by atoms with Crippen molar-refractivity contribution < 1.29 is 5.11 Å². The van der Waals surface area contributed by atoms with Gasteiger partial charge in [-0.3, -0.25) is 0 Å². The lowest BCUT2D eigenvalue weighted by atomic mass is 10.0. The fourth-order valence-electron chi connectivity index (χ4n) is 2.66. The smallest absolute Gasteiger partial charge is 0.103 e. The first-order valence-electron chi connectivity index (χ1n) is 6.18. The molecule has 1 N–H and O–H groups in total. The number of aliphatic hydroxyl groups is 1. The Hall–Kier alpha value is -1.05. The van der Waals surface area contributed by atoms with Gasteiger partial charge < -0.3 is 10.0 Å². The van der Waals surface area contributed by atoms with Crippen molar-refractivity contribution in [2.45, 2.75) is 31.3 Å². The molecule has 0 bridgehead atoms. The first kappa shape index (κ1) is 13.4. The molecule has 96 valence electrons. The summed E-state index contributed by atoms with van der Waals surface area (Å²) in [5.74, 6) is 0. The minimum atomic E-state index is -0.593. The van der Waals surface area contributed by atoms with Gasteiger partial charge in [0, 0.05) is 18.1 Å². The van der Waals surface area contributed by atoms with Crippen LogP contribution in [0.1, 0.15) is 31.2 Å². The second-order valence-electron chi connectivity index (χ2n) is 5.03. The van der Waals surface area contributed by atoms with Gasteiger partial charge in [0.1, 0.15) is 6.07 Å². The molecule has 0 unspecified atom stereocenters. The van der Waals surface area contributed by atoms with Crippen LogP contribution >= 0.6 is 15.9 Å². The summed E-state index contributed by atoms with van der Waals surface area (Å²) >= 11 is 3.39. The van der Waals surface area contributed by atoms with Crippen LogP contribution in [0, 0.1) is 11.3 Å². The van der Waals surface area contributed by atoms with E-state index in [9.17, 15) is 10.4 Å². The van der Waals surface area contributed by atoms with E-state index >= 15 is 0 Å². The van der Waals surface area contributed by atoms with Crippen LogP contribution in [-0.2, 0) is 0 Å². The van der Waals surface area contributed by atoms with E-state index < -0.39 is 5.60 Å². The molecule has 0 aliphatic heterocycles. The third kappa shape index (κ3) is 2.68. The molecule has 0 aromatic heterocycles. The average Bonchev–Trinajstić information content (AvgIpc) is 2.75. The topological polar surface area (TPSA) is 47.3 Å². The van der Waals surface area contributed by atoms with Gasteiger partial charge in [-0.15, -0.1) is 0 Å². The summed E-state index contributed by atoms with van der Waals surface area (Å²) in [6.45, 7) is 0.581. The van der Waals surface area contributed by atoms with Crippen molar-refractivity contribution in [3.05, 3.63) is 28.2 Å². The first-order chi connectivity index (χ1) is 8.56. The van der Waals surface area contributed by atoms with Crippen molar-refractivity contribution in [3.63, 3.8) is 0 Å². The molecule has 0 radical (unpaired) electrons. The molecule has 1 aliphatic rings. The van der Waals surface area contributed by atoms with Gasteiger partial charge in [-0.1, -0.05) is 18.9 Å². The standard InChI is InChI=1S/C14H17BrN2O/c1-17(10-14(18)7-2-3-8-14)13-6-4-5-12(15)11(13)9-16/h4-6,18H,2-3,7-8,10H2,1H3. The van der Waals surface area contributed by atoms with Crippen molar-refractivity contribution in [3.8, 4) is 6.07 Å². The number of nitriles is 1. The third-order valence-corrected chi connectivity index (χ3v) is 4.24. The fraction of sp³-hybridized carbons (Fsp3) is 0.500. The molecular weight excluding hydrogens is 292 g/mol. The van der Waals surface area contributed by atoms with Crippen LogP contribution < -0.4 is 4.90 Å². The van der Waals surface area contributed by atoms with Gasteiger partial charge in [0.05, 0.1) is 16.9 Å². The second-order valence-corrected chi connectivity index (χ2v) is 5.89. The highest BCUT2D eigenvalue weighted by atomic mass is 79.9. The number of hydrogen-bond donors (Lipinski definition) is 1. The van der Waals surface area contributed by atoms with Crippen LogP contribution in [0.25, 0.3) is 0 Å². The molecule has 18 heavy (non-hydrogen) atoms. The summed E-state index contributed by atoms with van der Waals surface area (Å²) in [7, 11) is 1.93. The Labute approximate surface area is 116 Å². The molecule has 1 saturated carbocycles. The van der Waals surface area contributed by atoms with E-state index in [0.29, 0.717) is 12.1 Å². The Morgan fingerprint density at radius 3 is 2.72 bits per heavy atom. The lowest BCUT2D eigenvalue weighted by Gasteiger charge is -2.30. The first-order valence-corrected chi connectivity index (χ1v) is 6.97. The number of halogens is 1. The number of hydrogen-bond acceptors (Lipinski definition) is 3. The Bertz CT molecular complexity index is 475. The SMILES string of the molecule is CN(CC1(O)CCCC1)c1cccc(Br)c1C#N. The minimum absolute atomic E-state index is 0.581. The Morgan fingerprint density at radius 2 is 2.11 bits per heavy atom. The average molecular weight is 309 g/mol. The molecule has 0 saturated heterocycles. The van der Waals surface area contributed by atoms with Crippen LogP contribution in [0.4, 0.5) is 5.69 Å². The Balaban J connectivity index is 2.21. The predicted octanol–water partition coefficient (Wildman–Crippen LogP) is 3.06. The maximum Gasteiger partial charge on any atom is 0.103 e. The highest BCUT2D eigenvalue weighted by Crippen LogP contribution is 2.33. The third-order valence-electron chi connectivity index (χ3n) is 3.58. The van der Waals surface area contributed by atoms with Crippen molar-refractivity contribution >= 4 is 21.6 Å². The normalized spacial score (nSPS) is 17.4. The number of likely N-dealkylation sites (N-methyl/N-ethyl adjacent to an activating group) is 1. The molecule has 3 nitrogen and oxygen atoms in total. The largest absolute Gasteiger partial charge is 0.388 e. The highest BCUT2D eigenvalue weighted by Gasteiger charge is 2.32.